The number of sulfonamides is 1. The van der Waals surface area contributed by atoms with Crippen molar-refractivity contribution < 1.29 is 8.42 Å². The Labute approximate surface area is 145 Å². The second-order valence-corrected chi connectivity index (χ2v) is 8.67. The molecule has 1 N–H and O–H groups in total. The second kappa shape index (κ2) is 7.02. The molecule has 0 radical (unpaired) electrons. The van der Waals surface area contributed by atoms with E-state index >= 15 is 0 Å². The fraction of sp³-hybridized carbons (Fsp3) is 0.643. The van der Waals surface area contributed by atoms with E-state index in [1.807, 2.05) is 7.05 Å². The minimum absolute atomic E-state index is 0.304. The van der Waals surface area contributed by atoms with Crippen molar-refractivity contribution in [2.75, 3.05) is 64.3 Å². The van der Waals surface area contributed by atoms with Gasteiger partial charge in [-0.3, -0.25) is 4.98 Å². The van der Waals surface area contributed by atoms with Crippen LogP contribution in [0.1, 0.15) is 0 Å². The van der Waals surface area contributed by atoms with Crippen LogP contribution < -0.4 is 10.2 Å². The topological polar surface area (TPSA) is 68.8 Å². The average Bonchev–Trinajstić information content (AvgIpc) is 2.56. The van der Waals surface area contributed by atoms with Crippen molar-refractivity contribution in [1.82, 2.24) is 19.5 Å². The van der Waals surface area contributed by atoms with Crippen LogP contribution in [-0.2, 0) is 10.0 Å². The molecule has 9 heteroatoms. The quantitative estimate of drug-likeness (QED) is 0.776. The number of anilines is 1. The number of rotatable bonds is 3. The molecule has 0 saturated carbocycles. The first-order valence-corrected chi connectivity index (χ1v) is 10.0. The van der Waals surface area contributed by atoms with Crippen molar-refractivity contribution in [2.24, 2.45) is 0 Å². The normalized spacial score (nSPS) is 21.6. The summed E-state index contributed by atoms with van der Waals surface area (Å²) in [6.07, 6.45) is 3.15. The SMILES string of the molecule is CN1CCN(S(=O)(=O)c2cncc(Br)c2N2CCNCC2)CC1. The molecule has 0 amide bonds. The fourth-order valence-corrected chi connectivity index (χ4v) is 5.28. The molecule has 23 heavy (non-hydrogen) atoms. The average molecular weight is 404 g/mol. The summed E-state index contributed by atoms with van der Waals surface area (Å²) in [7, 11) is -1.53. The molecule has 0 atom stereocenters. The van der Waals surface area contributed by atoms with Crippen LogP contribution in [0.2, 0.25) is 0 Å². The molecule has 0 bridgehead atoms. The van der Waals surface area contributed by atoms with Crippen molar-refractivity contribution in [2.45, 2.75) is 4.90 Å². The van der Waals surface area contributed by atoms with E-state index in [-0.39, 0.29) is 0 Å². The summed E-state index contributed by atoms with van der Waals surface area (Å²) in [5, 5.41) is 3.29. The van der Waals surface area contributed by atoms with Gasteiger partial charge in [-0.15, -0.1) is 0 Å². The Morgan fingerprint density at radius 3 is 2.39 bits per heavy atom. The Morgan fingerprint density at radius 1 is 1.09 bits per heavy atom. The van der Waals surface area contributed by atoms with E-state index in [9.17, 15) is 8.42 Å². The summed E-state index contributed by atoms with van der Waals surface area (Å²) in [4.78, 5) is 8.67. The number of pyridine rings is 1. The highest BCUT2D eigenvalue weighted by Crippen LogP contribution is 2.34. The van der Waals surface area contributed by atoms with Crippen LogP contribution in [0, 0.1) is 0 Å². The number of nitrogens with one attached hydrogen (secondary N) is 1. The lowest BCUT2D eigenvalue weighted by Crippen LogP contribution is -2.48. The van der Waals surface area contributed by atoms with Gasteiger partial charge in [0.05, 0.1) is 10.2 Å². The van der Waals surface area contributed by atoms with Crippen LogP contribution in [0.4, 0.5) is 5.69 Å². The number of piperazine rings is 2. The molecule has 1 aromatic heterocycles. The van der Waals surface area contributed by atoms with Crippen LogP contribution >= 0.6 is 15.9 Å². The summed E-state index contributed by atoms with van der Waals surface area (Å²) >= 11 is 3.49. The monoisotopic (exact) mass is 403 g/mol. The maximum Gasteiger partial charge on any atom is 0.246 e. The first-order chi connectivity index (χ1) is 11.0. The molecule has 2 aliphatic heterocycles. The molecule has 3 rings (SSSR count). The van der Waals surface area contributed by atoms with E-state index in [1.54, 1.807) is 10.5 Å². The van der Waals surface area contributed by atoms with Gasteiger partial charge in [0.2, 0.25) is 10.0 Å². The van der Waals surface area contributed by atoms with Crippen LogP contribution in [0.25, 0.3) is 0 Å². The summed E-state index contributed by atoms with van der Waals surface area (Å²) in [5.41, 5.74) is 0.737. The third-order valence-electron chi connectivity index (χ3n) is 4.35. The fourth-order valence-electron chi connectivity index (χ4n) is 2.96. The van der Waals surface area contributed by atoms with Crippen molar-refractivity contribution in [3.8, 4) is 0 Å². The Balaban J connectivity index is 1.96. The van der Waals surface area contributed by atoms with Crippen molar-refractivity contribution in [1.29, 1.82) is 0 Å². The Bertz CT molecular complexity index is 655. The zero-order valence-electron chi connectivity index (χ0n) is 13.2. The van der Waals surface area contributed by atoms with E-state index in [0.29, 0.717) is 18.0 Å². The minimum atomic E-state index is -3.54. The molecular weight excluding hydrogens is 382 g/mol. The molecule has 0 aliphatic carbocycles. The first kappa shape index (κ1) is 17.1. The summed E-state index contributed by atoms with van der Waals surface area (Å²) in [5.74, 6) is 0. The van der Waals surface area contributed by atoms with Gasteiger partial charge < -0.3 is 15.1 Å². The maximum absolute atomic E-state index is 13.1. The second-order valence-electron chi connectivity index (χ2n) is 5.91. The van der Waals surface area contributed by atoms with E-state index in [0.717, 1.165) is 49.4 Å². The van der Waals surface area contributed by atoms with Gasteiger partial charge >= 0.3 is 0 Å². The molecule has 3 heterocycles. The maximum atomic E-state index is 13.1. The Morgan fingerprint density at radius 2 is 1.74 bits per heavy atom. The third kappa shape index (κ3) is 3.53. The number of likely N-dealkylation sites (N-methyl/N-ethyl adjacent to an activating group) is 1. The highest BCUT2D eigenvalue weighted by Gasteiger charge is 2.32. The number of aromatic nitrogens is 1. The van der Waals surface area contributed by atoms with Gasteiger partial charge in [0, 0.05) is 64.8 Å². The molecule has 128 valence electrons. The molecular formula is C14H22BrN5O2S. The van der Waals surface area contributed by atoms with E-state index in [4.69, 9.17) is 0 Å². The highest BCUT2D eigenvalue weighted by atomic mass is 79.9. The van der Waals surface area contributed by atoms with Gasteiger partial charge in [0.1, 0.15) is 4.90 Å². The van der Waals surface area contributed by atoms with E-state index in [2.05, 4.69) is 36.0 Å². The van der Waals surface area contributed by atoms with Crippen LogP contribution in [0.5, 0.6) is 0 Å². The first-order valence-electron chi connectivity index (χ1n) is 7.78. The lowest BCUT2D eigenvalue weighted by Gasteiger charge is -2.34. The third-order valence-corrected chi connectivity index (χ3v) is 6.83. The largest absolute Gasteiger partial charge is 0.367 e. The Hall–Kier alpha value is -0.740. The molecule has 1 aromatic rings. The predicted octanol–water partition coefficient (Wildman–Crippen LogP) is 0.190. The van der Waals surface area contributed by atoms with Gasteiger partial charge in [-0.25, -0.2) is 8.42 Å². The van der Waals surface area contributed by atoms with Gasteiger partial charge in [0.15, 0.2) is 0 Å². The smallest absolute Gasteiger partial charge is 0.246 e. The molecule has 2 saturated heterocycles. The van der Waals surface area contributed by atoms with Gasteiger partial charge in [-0.1, -0.05) is 0 Å². The standard InChI is InChI=1S/C14H22BrN5O2S/c1-18-6-8-20(9-7-18)23(21,22)13-11-17-10-12(15)14(13)19-4-2-16-3-5-19/h10-11,16H,2-9H2,1H3. The van der Waals surface area contributed by atoms with Crippen LogP contribution in [0.15, 0.2) is 21.8 Å². The van der Waals surface area contributed by atoms with Crippen molar-refractivity contribution >= 4 is 31.6 Å². The Kier molecular flexibility index (Phi) is 5.22. The van der Waals surface area contributed by atoms with Crippen molar-refractivity contribution in [3.05, 3.63) is 16.9 Å². The summed E-state index contributed by atoms with van der Waals surface area (Å²) in [6, 6.07) is 0. The molecule has 7 nitrogen and oxygen atoms in total. The minimum Gasteiger partial charge on any atom is -0.367 e. The molecule has 0 unspecified atom stereocenters. The lowest BCUT2D eigenvalue weighted by molar-refractivity contribution is 0.222. The number of halogens is 1. The predicted molar refractivity (Wildman–Crippen MR) is 93.3 cm³/mol. The van der Waals surface area contributed by atoms with Crippen LogP contribution in [0.3, 0.4) is 0 Å². The number of hydrogen-bond donors (Lipinski definition) is 1. The zero-order chi connectivity index (χ0) is 16.4. The zero-order valence-corrected chi connectivity index (χ0v) is 15.6. The molecule has 0 spiro atoms. The van der Waals surface area contributed by atoms with E-state index < -0.39 is 10.0 Å². The summed E-state index contributed by atoms with van der Waals surface area (Å²) in [6.45, 7) is 5.82. The van der Waals surface area contributed by atoms with Gasteiger partial charge in [0.25, 0.3) is 0 Å². The molecule has 2 fully saturated rings. The van der Waals surface area contributed by atoms with Crippen LogP contribution in [-0.4, -0.2) is 82.0 Å². The molecule has 0 aromatic carbocycles. The molecule has 2 aliphatic rings. The van der Waals surface area contributed by atoms with Gasteiger partial charge in [-0.05, 0) is 23.0 Å². The van der Waals surface area contributed by atoms with Crippen molar-refractivity contribution in [3.63, 3.8) is 0 Å². The van der Waals surface area contributed by atoms with E-state index in [1.165, 1.54) is 6.20 Å². The summed E-state index contributed by atoms with van der Waals surface area (Å²) < 4.78 is 28.5. The van der Waals surface area contributed by atoms with Gasteiger partial charge in [-0.2, -0.15) is 4.31 Å². The number of hydrogen-bond acceptors (Lipinski definition) is 6. The highest BCUT2D eigenvalue weighted by molar-refractivity contribution is 9.10. The lowest BCUT2D eigenvalue weighted by atomic mass is 10.3. The number of nitrogens with zero attached hydrogens (tertiary/aromatic N) is 4.